The quantitative estimate of drug-likeness (QED) is 0.865. The maximum Gasteiger partial charge on any atom is 0.122 e. The van der Waals surface area contributed by atoms with Gasteiger partial charge >= 0.3 is 0 Å². The van der Waals surface area contributed by atoms with E-state index in [0.717, 1.165) is 31.6 Å². The van der Waals surface area contributed by atoms with Gasteiger partial charge in [-0.1, -0.05) is 32.0 Å². The molecule has 2 nitrogen and oxygen atoms in total. The zero-order valence-electron chi connectivity index (χ0n) is 10.7. The van der Waals surface area contributed by atoms with Gasteiger partial charge in [0.2, 0.25) is 0 Å². The van der Waals surface area contributed by atoms with Crippen molar-refractivity contribution in [2.75, 3.05) is 6.61 Å². The van der Waals surface area contributed by atoms with Crippen LogP contribution in [0.25, 0.3) is 0 Å². The molecule has 0 saturated heterocycles. The molecule has 1 aliphatic rings. The number of aliphatic hydroxyl groups excluding tert-OH is 1. The first-order chi connectivity index (χ1) is 8.24. The molecule has 17 heavy (non-hydrogen) atoms. The van der Waals surface area contributed by atoms with Crippen LogP contribution in [0.5, 0.6) is 5.75 Å². The highest BCUT2D eigenvalue weighted by Gasteiger charge is 2.33. The van der Waals surface area contributed by atoms with Gasteiger partial charge in [0.25, 0.3) is 0 Å². The topological polar surface area (TPSA) is 29.5 Å². The van der Waals surface area contributed by atoms with Crippen LogP contribution in [0.15, 0.2) is 24.3 Å². The highest BCUT2D eigenvalue weighted by Crippen LogP contribution is 2.42. The minimum Gasteiger partial charge on any atom is -0.493 e. The summed E-state index contributed by atoms with van der Waals surface area (Å²) in [5.41, 5.74) is 1.27. The summed E-state index contributed by atoms with van der Waals surface area (Å²) in [6, 6.07) is 8.27. The molecule has 0 aromatic heterocycles. The number of para-hydroxylation sites is 1. The van der Waals surface area contributed by atoms with Gasteiger partial charge in [-0.3, -0.25) is 0 Å². The molecule has 1 aliphatic carbocycles. The molecule has 1 fully saturated rings. The lowest BCUT2D eigenvalue weighted by Crippen LogP contribution is -2.14. The molecule has 2 heteroatoms. The predicted molar refractivity (Wildman–Crippen MR) is 69.4 cm³/mol. The van der Waals surface area contributed by atoms with Gasteiger partial charge in [0.1, 0.15) is 5.75 Å². The third-order valence-corrected chi connectivity index (χ3v) is 3.80. The molecule has 2 rings (SSSR count). The lowest BCUT2D eigenvalue weighted by atomic mass is 9.89. The Bertz CT molecular complexity index is 362. The molecule has 1 aromatic rings. The van der Waals surface area contributed by atoms with Crippen molar-refractivity contribution in [1.29, 1.82) is 0 Å². The Kier molecular flexibility index (Phi) is 4.06. The van der Waals surface area contributed by atoms with Crippen LogP contribution in [-0.4, -0.2) is 17.8 Å². The van der Waals surface area contributed by atoms with Gasteiger partial charge in [0.05, 0.1) is 12.7 Å². The van der Waals surface area contributed by atoms with Gasteiger partial charge < -0.3 is 9.84 Å². The standard InChI is InChI=1S/C15H22O2/c1-3-10-17-15-7-5-4-6-13(15)12-8-9-14(16)11(12)2/h4-7,11-12,14,16H,3,8-10H2,1-2H3. The molecule has 94 valence electrons. The molecule has 1 N–H and O–H groups in total. The normalized spacial score (nSPS) is 28.3. The Morgan fingerprint density at radius 1 is 1.29 bits per heavy atom. The Balaban J connectivity index is 2.19. The number of aliphatic hydroxyl groups is 1. The van der Waals surface area contributed by atoms with Crippen molar-refractivity contribution in [3.8, 4) is 5.75 Å². The van der Waals surface area contributed by atoms with Gasteiger partial charge in [0, 0.05) is 0 Å². The van der Waals surface area contributed by atoms with E-state index in [9.17, 15) is 5.11 Å². The largest absolute Gasteiger partial charge is 0.493 e. The van der Waals surface area contributed by atoms with Gasteiger partial charge in [-0.25, -0.2) is 0 Å². The summed E-state index contributed by atoms with van der Waals surface area (Å²) in [6.45, 7) is 5.02. The lowest BCUT2D eigenvalue weighted by molar-refractivity contribution is 0.136. The Morgan fingerprint density at radius 3 is 2.71 bits per heavy atom. The van der Waals surface area contributed by atoms with Crippen molar-refractivity contribution >= 4 is 0 Å². The highest BCUT2D eigenvalue weighted by molar-refractivity contribution is 5.37. The number of ether oxygens (including phenoxy) is 1. The third kappa shape index (κ3) is 2.63. The molecular formula is C15H22O2. The van der Waals surface area contributed by atoms with Gasteiger partial charge in [-0.05, 0) is 42.7 Å². The van der Waals surface area contributed by atoms with E-state index < -0.39 is 0 Å². The summed E-state index contributed by atoms with van der Waals surface area (Å²) < 4.78 is 5.80. The van der Waals surface area contributed by atoms with Crippen molar-refractivity contribution in [1.82, 2.24) is 0 Å². The summed E-state index contributed by atoms with van der Waals surface area (Å²) in [5.74, 6) is 1.78. The maximum atomic E-state index is 9.86. The van der Waals surface area contributed by atoms with Crippen molar-refractivity contribution < 1.29 is 9.84 Å². The van der Waals surface area contributed by atoms with Crippen LogP contribution in [0.2, 0.25) is 0 Å². The minimum absolute atomic E-state index is 0.153. The zero-order chi connectivity index (χ0) is 12.3. The summed E-state index contributed by atoms with van der Waals surface area (Å²) in [6.07, 6.45) is 2.85. The first kappa shape index (κ1) is 12.4. The molecule has 1 saturated carbocycles. The van der Waals surface area contributed by atoms with E-state index in [4.69, 9.17) is 4.74 Å². The Labute approximate surface area is 104 Å². The van der Waals surface area contributed by atoms with Gasteiger partial charge in [0.15, 0.2) is 0 Å². The molecule has 0 spiro atoms. The smallest absolute Gasteiger partial charge is 0.122 e. The van der Waals surface area contributed by atoms with Crippen LogP contribution in [-0.2, 0) is 0 Å². The van der Waals surface area contributed by atoms with Gasteiger partial charge in [-0.2, -0.15) is 0 Å². The number of rotatable bonds is 4. The molecule has 0 heterocycles. The van der Waals surface area contributed by atoms with Crippen LogP contribution in [0, 0.1) is 5.92 Å². The number of hydrogen-bond donors (Lipinski definition) is 1. The SMILES string of the molecule is CCCOc1ccccc1C1CCC(O)C1C. The summed E-state index contributed by atoms with van der Waals surface area (Å²) >= 11 is 0. The second-order valence-corrected chi connectivity index (χ2v) is 5.00. The second kappa shape index (κ2) is 5.54. The fourth-order valence-electron chi connectivity index (χ4n) is 2.71. The second-order valence-electron chi connectivity index (χ2n) is 5.00. The fraction of sp³-hybridized carbons (Fsp3) is 0.600. The molecule has 0 bridgehead atoms. The van der Waals surface area contributed by atoms with Crippen LogP contribution in [0.1, 0.15) is 44.6 Å². The van der Waals surface area contributed by atoms with Crippen LogP contribution >= 0.6 is 0 Å². The van der Waals surface area contributed by atoms with E-state index in [2.05, 4.69) is 26.0 Å². The average Bonchev–Trinajstić information content (AvgIpc) is 2.68. The molecule has 3 unspecified atom stereocenters. The van der Waals surface area contributed by atoms with Gasteiger partial charge in [-0.15, -0.1) is 0 Å². The number of benzene rings is 1. The maximum absolute atomic E-state index is 9.86. The fourth-order valence-corrected chi connectivity index (χ4v) is 2.71. The van der Waals surface area contributed by atoms with E-state index in [-0.39, 0.29) is 6.10 Å². The van der Waals surface area contributed by atoms with Crippen LogP contribution < -0.4 is 4.74 Å². The van der Waals surface area contributed by atoms with E-state index in [1.807, 2.05) is 12.1 Å². The first-order valence-corrected chi connectivity index (χ1v) is 6.63. The molecule has 0 aliphatic heterocycles. The minimum atomic E-state index is -0.153. The zero-order valence-corrected chi connectivity index (χ0v) is 10.7. The van der Waals surface area contributed by atoms with Crippen molar-refractivity contribution in [3.63, 3.8) is 0 Å². The predicted octanol–water partition coefficient (Wildman–Crippen LogP) is 3.35. The Hall–Kier alpha value is -1.02. The summed E-state index contributed by atoms with van der Waals surface area (Å²) in [4.78, 5) is 0. The first-order valence-electron chi connectivity index (χ1n) is 6.63. The lowest BCUT2D eigenvalue weighted by Gasteiger charge is -2.20. The van der Waals surface area contributed by atoms with Crippen molar-refractivity contribution in [2.45, 2.75) is 45.1 Å². The van der Waals surface area contributed by atoms with Crippen LogP contribution in [0.3, 0.4) is 0 Å². The molecule has 1 aromatic carbocycles. The number of hydrogen-bond acceptors (Lipinski definition) is 2. The summed E-state index contributed by atoms with van der Waals surface area (Å²) in [7, 11) is 0. The molecular weight excluding hydrogens is 212 g/mol. The molecule has 3 atom stereocenters. The molecule has 0 amide bonds. The van der Waals surface area contributed by atoms with E-state index in [0.29, 0.717) is 11.8 Å². The monoisotopic (exact) mass is 234 g/mol. The Morgan fingerprint density at radius 2 is 2.06 bits per heavy atom. The average molecular weight is 234 g/mol. The molecule has 0 radical (unpaired) electrons. The van der Waals surface area contributed by atoms with Crippen molar-refractivity contribution in [3.05, 3.63) is 29.8 Å². The van der Waals surface area contributed by atoms with Crippen LogP contribution in [0.4, 0.5) is 0 Å². The van der Waals surface area contributed by atoms with E-state index in [1.165, 1.54) is 5.56 Å². The van der Waals surface area contributed by atoms with Crippen molar-refractivity contribution in [2.24, 2.45) is 5.92 Å². The van der Waals surface area contributed by atoms with E-state index >= 15 is 0 Å². The third-order valence-electron chi connectivity index (χ3n) is 3.80. The summed E-state index contributed by atoms with van der Waals surface area (Å²) in [5, 5.41) is 9.86. The van der Waals surface area contributed by atoms with E-state index in [1.54, 1.807) is 0 Å². The highest BCUT2D eigenvalue weighted by atomic mass is 16.5.